The largest absolute Gasteiger partial charge is 0.493 e. The highest BCUT2D eigenvalue weighted by Crippen LogP contribution is 2.40. The van der Waals surface area contributed by atoms with E-state index in [0.29, 0.717) is 34.6 Å². The fraction of sp³-hybridized carbons (Fsp3) is 0.476. The third kappa shape index (κ3) is 6.81. The lowest BCUT2D eigenvalue weighted by atomic mass is 10.2. The van der Waals surface area contributed by atoms with E-state index in [4.69, 9.17) is 14.2 Å². The zero-order valence-electron chi connectivity index (χ0n) is 18.3. The van der Waals surface area contributed by atoms with Gasteiger partial charge in [0.05, 0.1) is 33.1 Å². The van der Waals surface area contributed by atoms with Crippen molar-refractivity contribution in [2.45, 2.75) is 44.3 Å². The first-order chi connectivity index (χ1) is 14.9. The minimum Gasteiger partial charge on any atom is -0.493 e. The van der Waals surface area contributed by atoms with Gasteiger partial charge in [-0.3, -0.25) is 14.2 Å². The van der Waals surface area contributed by atoms with Crippen LogP contribution in [0, 0.1) is 0 Å². The number of hydrogen-bond donors (Lipinski definition) is 2. The van der Waals surface area contributed by atoms with Gasteiger partial charge in [0.1, 0.15) is 0 Å². The number of benzene rings is 1. The number of unbranched alkanes of at least 4 members (excludes halogenated alkanes) is 3. The molecule has 0 atom stereocenters. The van der Waals surface area contributed by atoms with Gasteiger partial charge in [0.15, 0.2) is 16.7 Å². The average molecular weight is 452 g/mol. The van der Waals surface area contributed by atoms with Crippen molar-refractivity contribution >= 4 is 23.4 Å². The summed E-state index contributed by atoms with van der Waals surface area (Å²) < 4.78 is 17.3. The zero-order valence-corrected chi connectivity index (χ0v) is 19.1. The number of thioether (sulfide) groups is 1. The molecule has 0 aliphatic heterocycles. The summed E-state index contributed by atoms with van der Waals surface area (Å²) in [6.07, 6.45) is 3.99. The lowest BCUT2D eigenvalue weighted by molar-refractivity contribution is -0.113. The molecule has 0 aliphatic carbocycles. The third-order valence-corrected chi connectivity index (χ3v) is 5.45. The fourth-order valence-electron chi connectivity index (χ4n) is 2.97. The Hall–Kier alpha value is -2.88. The predicted octanol–water partition coefficient (Wildman–Crippen LogP) is 3.29. The number of ether oxygens (including phenoxy) is 3. The van der Waals surface area contributed by atoms with Crippen LogP contribution in [0.25, 0.3) is 0 Å². The van der Waals surface area contributed by atoms with E-state index < -0.39 is 0 Å². The number of nitrogens with zero attached hydrogens (tertiary/aromatic N) is 2. The molecule has 0 saturated heterocycles. The first-order valence-corrected chi connectivity index (χ1v) is 11.0. The Morgan fingerprint density at radius 3 is 2.35 bits per heavy atom. The Bertz CT molecular complexity index is 922. The molecule has 2 aromatic rings. The molecule has 2 N–H and O–H groups in total. The molecule has 0 spiro atoms. The first-order valence-electron chi connectivity index (χ1n) is 9.97. The van der Waals surface area contributed by atoms with E-state index in [1.807, 2.05) is 0 Å². The highest BCUT2D eigenvalue weighted by atomic mass is 32.2. The monoisotopic (exact) mass is 451 g/mol. The Balaban J connectivity index is 2.10. The summed E-state index contributed by atoms with van der Waals surface area (Å²) >= 11 is 1.09. The number of methoxy groups -OCH3 is 3. The fourth-order valence-corrected chi connectivity index (χ4v) is 3.79. The molecule has 2 rings (SSSR count). The predicted molar refractivity (Wildman–Crippen MR) is 120 cm³/mol. The molecule has 0 fully saturated rings. The second-order valence-corrected chi connectivity index (χ2v) is 7.64. The van der Waals surface area contributed by atoms with E-state index in [9.17, 15) is 14.7 Å². The number of nitrogens with one attached hydrogen (secondary N) is 1. The quantitative estimate of drug-likeness (QED) is 0.287. The number of aromatic nitrogens is 2. The SMILES string of the molecule is CCCCCCn1c(SCC(=O)Nc2cc(OC)c(OC)c(OC)c2)nc(O)cc1=O. The van der Waals surface area contributed by atoms with E-state index >= 15 is 0 Å². The van der Waals surface area contributed by atoms with E-state index in [1.165, 1.54) is 25.9 Å². The Morgan fingerprint density at radius 1 is 1.10 bits per heavy atom. The summed E-state index contributed by atoms with van der Waals surface area (Å²) in [7, 11) is 4.48. The Morgan fingerprint density at radius 2 is 1.77 bits per heavy atom. The molecule has 31 heavy (non-hydrogen) atoms. The normalized spacial score (nSPS) is 10.6. The molecule has 9 nitrogen and oxygen atoms in total. The van der Waals surface area contributed by atoms with Gasteiger partial charge in [-0.2, -0.15) is 4.98 Å². The van der Waals surface area contributed by atoms with Crippen molar-refractivity contribution < 1.29 is 24.1 Å². The second kappa shape index (κ2) is 12.1. The molecule has 10 heteroatoms. The van der Waals surface area contributed by atoms with Gasteiger partial charge in [-0.15, -0.1) is 0 Å². The smallest absolute Gasteiger partial charge is 0.257 e. The van der Waals surface area contributed by atoms with Crippen LogP contribution < -0.4 is 25.1 Å². The number of anilines is 1. The molecule has 1 aromatic heterocycles. The zero-order chi connectivity index (χ0) is 22.8. The van der Waals surface area contributed by atoms with Gasteiger partial charge < -0.3 is 24.6 Å². The lowest BCUT2D eigenvalue weighted by Crippen LogP contribution is -2.23. The highest BCUT2D eigenvalue weighted by molar-refractivity contribution is 7.99. The topological polar surface area (TPSA) is 112 Å². The summed E-state index contributed by atoms with van der Waals surface area (Å²) in [6.45, 7) is 2.60. The average Bonchev–Trinajstić information content (AvgIpc) is 2.75. The molecule has 0 bridgehead atoms. The third-order valence-electron chi connectivity index (χ3n) is 4.48. The van der Waals surface area contributed by atoms with Crippen molar-refractivity contribution in [3.63, 3.8) is 0 Å². The first kappa shape index (κ1) is 24.4. The summed E-state index contributed by atoms with van der Waals surface area (Å²) in [5.74, 6) is 0.590. The number of carbonyl (C=O) groups excluding carboxylic acids is 1. The van der Waals surface area contributed by atoms with Gasteiger partial charge in [-0.05, 0) is 6.42 Å². The van der Waals surface area contributed by atoms with Crippen LogP contribution in [0.15, 0.2) is 28.2 Å². The molecule has 170 valence electrons. The van der Waals surface area contributed by atoms with Gasteiger partial charge in [-0.25, -0.2) is 0 Å². The minimum atomic E-state index is -0.359. The number of carbonyl (C=O) groups is 1. The van der Waals surface area contributed by atoms with Crippen LogP contribution in [-0.2, 0) is 11.3 Å². The van der Waals surface area contributed by atoms with Crippen LogP contribution in [0.2, 0.25) is 0 Å². The number of amides is 1. The minimum absolute atomic E-state index is 0.00150. The van der Waals surface area contributed by atoms with Crippen molar-refractivity contribution in [1.29, 1.82) is 0 Å². The maximum absolute atomic E-state index is 12.5. The number of hydrogen-bond acceptors (Lipinski definition) is 8. The van der Waals surface area contributed by atoms with Gasteiger partial charge in [0.2, 0.25) is 17.5 Å². The van der Waals surface area contributed by atoms with E-state index in [2.05, 4.69) is 17.2 Å². The summed E-state index contributed by atoms with van der Waals surface area (Å²) in [5.41, 5.74) is 0.137. The van der Waals surface area contributed by atoms with Crippen LogP contribution in [0.5, 0.6) is 23.1 Å². The van der Waals surface area contributed by atoms with Crippen LogP contribution >= 0.6 is 11.8 Å². The second-order valence-electron chi connectivity index (χ2n) is 6.70. The molecule has 0 unspecified atom stereocenters. The van der Waals surface area contributed by atoms with E-state index in [0.717, 1.165) is 43.5 Å². The van der Waals surface area contributed by atoms with Crippen molar-refractivity contribution in [2.75, 3.05) is 32.4 Å². The van der Waals surface area contributed by atoms with E-state index in [1.54, 1.807) is 12.1 Å². The van der Waals surface area contributed by atoms with Crippen molar-refractivity contribution in [3.8, 4) is 23.1 Å². The summed E-state index contributed by atoms with van der Waals surface area (Å²) in [4.78, 5) is 28.8. The lowest BCUT2D eigenvalue weighted by Gasteiger charge is -2.15. The maximum atomic E-state index is 12.5. The van der Waals surface area contributed by atoms with Crippen LogP contribution in [0.1, 0.15) is 32.6 Å². The number of aromatic hydroxyl groups is 1. The molecular weight excluding hydrogens is 422 g/mol. The van der Waals surface area contributed by atoms with Crippen molar-refractivity contribution in [2.24, 2.45) is 0 Å². The maximum Gasteiger partial charge on any atom is 0.257 e. The molecule has 1 amide bonds. The molecule has 1 aromatic carbocycles. The van der Waals surface area contributed by atoms with E-state index in [-0.39, 0.29) is 23.1 Å². The number of rotatable bonds is 12. The van der Waals surface area contributed by atoms with Crippen LogP contribution in [0.3, 0.4) is 0 Å². The van der Waals surface area contributed by atoms with Crippen molar-refractivity contribution in [1.82, 2.24) is 9.55 Å². The molecule has 0 saturated carbocycles. The summed E-state index contributed by atoms with van der Waals surface area (Å²) in [6, 6.07) is 4.33. The van der Waals surface area contributed by atoms with Gasteiger partial charge in [-0.1, -0.05) is 37.9 Å². The molecule has 0 radical (unpaired) electrons. The Labute approximate surface area is 185 Å². The van der Waals surface area contributed by atoms with Crippen LogP contribution in [-0.4, -0.2) is 47.6 Å². The van der Waals surface area contributed by atoms with Gasteiger partial charge in [0, 0.05) is 24.4 Å². The Kier molecular flexibility index (Phi) is 9.51. The van der Waals surface area contributed by atoms with Gasteiger partial charge >= 0.3 is 0 Å². The highest BCUT2D eigenvalue weighted by Gasteiger charge is 2.16. The summed E-state index contributed by atoms with van der Waals surface area (Å²) in [5, 5.41) is 12.8. The van der Waals surface area contributed by atoms with Crippen molar-refractivity contribution in [3.05, 3.63) is 28.6 Å². The molecular formula is C21H29N3O6S. The molecule has 0 aliphatic rings. The standard InChI is InChI=1S/C21H29N3O6S/c1-5-6-7-8-9-24-19(27)12-17(25)23-21(24)31-13-18(26)22-14-10-15(28-2)20(30-4)16(11-14)29-3/h10-12,25H,5-9,13H2,1-4H3,(H,22,26). The van der Waals surface area contributed by atoms with Crippen LogP contribution in [0.4, 0.5) is 5.69 Å². The van der Waals surface area contributed by atoms with Gasteiger partial charge in [0.25, 0.3) is 5.56 Å². The molecule has 1 heterocycles.